The van der Waals surface area contributed by atoms with Crippen molar-refractivity contribution >= 4 is 23.7 Å². The molecule has 0 aliphatic heterocycles. The lowest BCUT2D eigenvalue weighted by molar-refractivity contribution is -0.153. The highest BCUT2D eigenvalue weighted by Gasteiger charge is 2.74. The number of nitrogens with zero attached hydrogens (tertiary/aromatic N) is 2. The maximum absolute atomic E-state index is 14.0. The second-order valence-electron chi connectivity index (χ2n) is 8.69. The minimum absolute atomic E-state index is 0.225. The Balaban J connectivity index is 1.31. The number of ether oxygens (including phenoxy) is 2. The summed E-state index contributed by atoms with van der Waals surface area (Å²) in [4.78, 5) is 30.2. The number of hydrogen-bond acceptors (Lipinski definition) is 8. The van der Waals surface area contributed by atoms with Crippen molar-refractivity contribution < 1.29 is 27.8 Å². The number of aromatic amines is 1. The van der Waals surface area contributed by atoms with Crippen molar-refractivity contribution in [2.75, 3.05) is 0 Å². The lowest BCUT2D eigenvalue weighted by Gasteiger charge is -2.27. The molecule has 0 bridgehead atoms. The Labute approximate surface area is 203 Å². The van der Waals surface area contributed by atoms with Gasteiger partial charge in [0.15, 0.2) is 5.16 Å². The van der Waals surface area contributed by atoms with Gasteiger partial charge in [-0.2, -0.15) is 5.10 Å². The number of esters is 2. The van der Waals surface area contributed by atoms with Crippen molar-refractivity contribution in [1.29, 1.82) is 0 Å². The number of nitrogens with two attached hydrogens (primary N) is 1. The number of benzene rings is 2. The van der Waals surface area contributed by atoms with E-state index in [1.807, 2.05) is 0 Å². The van der Waals surface area contributed by atoms with E-state index in [0.29, 0.717) is 5.16 Å². The maximum atomic E-state index is 14.0. The van der Waals surface area contributed by atoms with E-state index in [2.05, 4.69) is 15.2 Å². The molecule has 1 heterocycles. The van der Waals surface area contributed by atoms with Crippen LogP contribution in [0.3, 0.4) is 0 Å². The number of fused-ring (bicyclic) bond motifs is 1. The molecule has 3 N–H and O–H groups in total. The number of aromatic nitrogens is 3. The van der Waals surface area contributed by atoms with Crippen LogP contribution in [0.4, 0.5) is 8.78 Å². The van der Waals surface area contributed by atoms with Crippen LogP contribution in [0.2, 0.25) is 0 Å². The van der Waals surface area contributed by atoms with Crippen molar-refractivity contribution in [3.05, 3.63) is 77.6 Å². The Morgan fingerprint density at radius 2 is 1.69 bits per heavy atom. The average molecular weight is 501 g/mol. The van der Waals surface area contributed by atoms with Gasteiger partial charge in [-0.1, -0.05) is 48.2 Å². The molecule has 2 aromatic carbocycles. The van der Waals surface area contributed by atoms with E-state index >= 15 is 0 Å². The van der Waals surface area contributed by atoms with E-state index in [0.717, 1.165) is 0 Å². The smallest absolute Gasteiger partial charge is 0.326 e. The second-order valence-corrected chi connectivity index (χ2v) is 9.91. The SMILES string of the molecule is NC1(C(=O)OCc2ccccc2F)CC(Sc2ncn[nH]2)C2C(C(=O)OCc3ccccc3F)C21. The highest BCUT2D eigenvalue weighted by Crippen LogP contribution is 2.65. The van der Waals surface area contributed by atoms with Crippen LogP contribution in [0.15, 0.2) is 60.0 Å². The summed E-state index contributed by atoms with van der Waals surface area (Å²) in [5.41, 5.74) is 5.59. The summed E-state index contributed by atoms with van der Waals surface area (Å²) < 4.78 is 38.7. The largest absolute Gasteiger partial charge is 0.460 e. The number of thioether (sulfide) groups is 1. The Hall–Kier alpha value is -3.31. The quantitative estimate of drug-likeness (QED) is 0.453. The number of hydrogen-bond donors (Lipinski definition) is 2. The van der Waals surface area contributed by atoms with E-state index in [1.165, 1.54) is 42.4 Å². The van der Waals surface area contributed by atoms with Gasteiger partial charge in [0.05, 0.1) is 5.92 Å². The fourth-order valence-corrected chi connectivity index (χ4v) is 6.21. The molecular weight excluding hydrogens is 478 g/mol. The van der Waals surface area contributed by atoms with Crippen LogP contribution in [0.1, 0.15) is 17.5 Å². The highest BCUT2D eigenvalue weighted by atomic mass is 32.2. The summed E-state index contributed by atoms with van der Waals surface area (Å²) in [6.07, 6.45) is 1.60. The molecule has 3 aromatic rings. The number of H-pyrrole nitrogens is 1. The summed E-state index contributed by atoms with van der Waals surface area (Å²) in [5.74, 6) is -3.66. The predicted octanol–water partition coefficient (Wildman–Crippen LogP) is 2.99. The fourth-order valence-electron chi connectivity index (χ4n) is 4.86. The lowest BCUT2D eigenvalue weighted by atomic mass is 9.91. The first-order chi connectivity index (χ1) is 16.9. The molecule has 2 aliphatic carbocycles. The van der Waals surface area contributed by atoms with Gasteiger partial charge in [-0.25, -0.2) is 13.8 Å². The fraction of sp³-hybridized carbons (Fsp3) is 0.333. The molecule has 0 spiro atoms. The van der Waals surface area contributed by atoms with Crippen LogP contribution >= 0.6 is 11.8 Å². The average Bonchev–Trinajstić information content (AvgIpc) is 3.27. The third kappa shape index (κ3) is 4.53. The summed E-state index contributed by atoms with van der Waals surface area (Å²) in [5, 5.41) is 6.88. The normalized spacial score (nSPS) is 26.7. The maximum Gasteiger partial charge on any atom is 0.326 e. The number of nitrogens with one attached hydrogen (secondary N) is 1. The van der Waals surface area contributed by atoms with Gasteiger partial charge in [0.1, 0.15) is 36.7 Å². The van der Waals surface area contributed by atoms with Crippen molar-refractivity contribution in [2.45, 2.75) is 35.6 Å². The summed E-state index contributed by atoms with van der Waals surface area (Å²) in [6.45, 7) is -0.499. The van der Waals surface area contributed by atoms with Crippen LogP contribution in [0, 0.1) is 29.4 Å². The van der Waals surface area contributed by atoms with E-state index < -0.39 is 40.9 Å². The van der Waals surface area contributed by atoms with Crippen LogP contribution in [0.25, 0.3) is 0 Å². The van der Waals surface area contributed by atoms with Crippen LogP contribution < -0.4 is 5.73 Å². The van der Waals surface area contributed by atoms with Crippen molar-refractivity contribution in [3.63, 3.8) is 0 Å². The predicted molar refractivity (Wildman–Crippen MR) is 120 cm³/mol. The monoisotopic (exact) mass is 500 g/mol. The molecule has 1 aromatic heterocycles. The number of carbonyl (C=O) groups excluding carboxylic acids is 2. The van der Waals surface area contributed by atoms with Crippen molar-refractivity contribution in [3.8, 4) is 0 Å². The topological polar surface area (TPSA) is 120 Å². The second kappa shape index (κ2) is 9.38. The number of rotatable bonds is 8. The molecule has 2 saturated carbocycles. The molecule has 0 saturated heterocycles. The molecule has 5 rings (SSSR count). The molecular formula is C24H22F2N4O4S. The standard InChI is InChI=1S/C24H22F2N4O4S/c25-15-7-3-1-5-13(15)10-33-21(31)19-18-17(35-23-28-12-29-30-23)9-24(27,20(18)19)22(32)34-11-14-6-2-4-8-16(14)26/h1-8,12,17-20H,9-11,27H2,(H,28,29,30). The summed E-state index contributed by atoms with van der Waals surface area (Å²) in [6, 6.07) is 12.0. The first-order valence-corrected chi connectivity index (χ1v) is 11.9. The van der Waals surface area contributed by atoms with Crippen molar-refractivity contribution in [1.82, 2.24) is 15.2 Å². The van der Waals surface area contributed by atoms with Crippen molar-refractivity contribution in [2.24, 2.45) is 23.5 Å². The first-order valence-electron chi connectivity index (χ1n) is 11.0. The Morgan fingerprint density at radius 1 is 1.06 bits per heavy atom. The molecule has 2 aliphatic rings. The Morgan fingerprint density at radius 3 is 2.29 bits per heavy atom. The van der Waals surface area contributed by atoms with E-state index in [-0.39, 0.29) is 41.9 Å². The third-order valence-corrected chi connectivity index (χ3v) is 7.79. The zero-order valence-electron chi connectivity index (χ0n) is 18.4. The number of halogens is 2. The van der Waals surface area contributed by atoms with Crippen LogP contribution in [0.5, 0.6) is 0 Å². The molecule has 5 atom stereocenters. The minimum atomic E-state index is -1.46. The van der Waals surface area contributed by atoms with Gasteiger partial charge in [0.25, 0.3) is 0 Å². The molecule has 35 heavy (non-hydrogen) atoms. The highest BCUT2D eigenvalue weighted by molar-refractivity contribution is 7.99. The zero-order valence-corrected chi connectivity index (χ0v) is 19.2. The molecule has 2 fully saturated rings. The van der Waals surface area contributed by atoms with Gasteiger partial charge in [0.2, 0.25) is 0 Å². The third-order valence-electron chi connectivity index (χ3n) is 6.59. The first kappa shape index (κ1) is 23.4. The van der Waals surface area contributed by atoms with Gasteiger partial charge in [-0.05, 0) is 24.5 Å². The Kier molecular flexibility index (Phi) is 6.28. The molecule has 11 heteroatoms. The van der Waals surface area contributed by atoms with Crippen LogP contribution in [-0.4, -0.2) is 37.9 Å². The molecule has 182 valence electrons. The molecule has 0 amide bonds. The summed E-state index contributed by atoms with van der Waals surface area (Å²) >= 11 is 1.34. The number of carbonyl (C=O) groups is 2. The van der Waals surface area contributed by atoms with Gasteiger partial charge < -0.3 is 15.2 Å². The van der Waals surface area contributed by atoms with Gasteiger partial charge >= 0.3 is 11.9 Å². The zero-order chi connectivity index (χ0) is 24.6. The summed E-state index contributed by atoms with van der Waals surface area (Å²) in [7, 11) is 0. The van der Waals surface area contributed by atoms with Gasteiger partial charge in [-0.15, -0.1) is 0 Å². The molecule has 8 nitrogen and oxygen atoms in total. The molecule has 5 unspecified atom stereocenters. The van der Waals surface area contributed by atoms with Crippen LogP contribution in [-0.2, 0) is 32.3 Å². The van der Waals surface area contributed by atoms with Gasteiger partial charge in [-0.3, -0.25) is 14.7 Å². The lowest BCUT2D eigenvalue weighted by Crippen LogP contribution is -2.51. The van der Waals surface area contributed by atoms with Gasteiger partial charge in [0, 0.05) is 22.3 Å². The minimum Gasteiger partial charge on any atom is -0.460 e. The van der Waals surface area contributed by atoms with E-state index in [4.69, 9.17) is 15.2 Å². The van der Waals surface area contributed by atoms with E-state index in [1.54, 1.807) is 24.3 Å². The van der Waals surface area contributed by atoms with E-state index in [9.17, 15) is 18.4 Å². The molecule has 0 radical (unpaired) electrons. The Bertz CT molecular complexity index is 1240.